The molecule has 2 aliphatic heterocycles. The molecule has 0 aliphatic carbocycles. The van der Waals surface area contributed by atoms with Crippen LogP contribution in [0.5, 0.6) is 0 Å². The highest BCUT2D eigenvalue weighted by atomic mass is 19.1. The molecule has 2 fully saturated rings. The van der Waals surface area contributed by atoms with Crippen LogP contribution in [-0.2, 0) is 11.2 Å². The number of benzene rings is 1. The van der Waals surface area contributed by atoms with Crippen LogP contribution in [0.25, 0.3) is 0 Å². The van der Waals surface area contributed by atoms with Crippen molar-refractivity contribution in [2.75, 3.05) is 19.6 Å². The van der Waals surface area contributed by atoms with Crippen LogP contribution in [0.15, 0.2) is 18.2 Å². The maximum Gasteiger partial charge on any atom is 0.227 e. The Balaban J connectivity index is 1.68. The number of halogens is 2. The minimum absolute atomic E-state index is 0.125. The molecule has 0 radical (unpaired) electrons. The Hall–Kier alpha value is -1.49. The van der Waals surface area contributed by atoms with E-state index in [0.717, 1.165) is 19.4 Å². The molecular formula is C15H18F2N2O. The monoisotopic (exact) mass is 280 g/mol. The van der Waals surface area contributed by atoms with E-state index in [0.29, 0.717) is 25.0 Å². The van der Waals surface area contributed by atoms with Crippen molar-refractivity contribution in [1.29, 1.82) is 0 Å². The number of carbonyl (C=O) groups excluding carboxylic acids is 1. The number of piperidine rings is 1. The fourth-order valence-corrected chi connectivity index (χ4v) is 3.21. The Morgan fingerprint density at radius 1 is 1.30 bits per heavy atom. The summed E-state index contributed by atoms with van der Waals surface area (Å²) < 4.78 is 27.1. The summed E-state index contributed by atoms with van der Waals surface area (Å²) in [5, 5.41) is 3.41. The molecule has 1 aromatic carbocycles. The molecule has 2 unspecified atom stereocenters. The van der Waals surface area contributed by atoms with Crippen molar-refractivity contribution in [2.24, 2.45) is 5.92 Å². The topological polar surface area (TPSA) is 32.3 Å². The van der Waals surface area contributed by atoms with E-state index in [9.17, 15) is 13.6 Å². The van der Waals surface area contributed by atoms with Gasteiger partial charge in [-0.15, -0.1) is 0 Å². The van der Waals surface area contributed by atoms with Gasteiger partial charge in [0.1, 0.15) is 11.6 Å². The highest BCUT2D eigenvalue weighted by Gasteiger charge is 2.36. The molecule has 2 heterocycles. The third-order valence-corrected chi connectivity index (χ3v) is 4.34. The van der Waals surface area contributed by atoms with Crippen LogP contribution >= 0.6 is 0 Å². The van der Waals surface area contributed by atoms with Gasteiger partial charge in [0, 0.05) is 24.7 Å². The molecule has 2 atom stereocenters. The van der Waals surface area contributed by atoms with E-state index in [1.165, 1.54) is 18.2 Å². The predicted octanol–water partition coefficient (Wildman–Crippen LogP) is 1.72. The van der Waals surface area contributed by atoms with E-state index < -0.39 is 11.6 Å². The molecule has 20 heavy (non-hydrogen) atoms. The molecule has 1 aromatic rings. The van der Waals surface area contributed by atoms with Gasteiger partial charge in [-0.05, 0) is 37.4 Å². The molecular weight excluding hydrogens is 262 g/mol. The average Bonchev–Trinajstić information content (AvgIpc) is 2.87. The first-order chi connectivity index (χ1) is 9.65. The van der Waals surface area contributed by atoms with Crippen molar-refractivity contribution < 1.29 is 13.6 Å². The lowest BCUT2D eigenvalue weighted by molar-refractivity contribution is -0.129. The van der Waals surface area contributed by atoms with Gasteiger partial charge in [0.05, 0.1) is 6.42 Å². The van der Waals surface area contributed by atoms with Crippen molar-refractivity contribution in [2.45, 2.75) is 25.3 Å². The number of nitrogens with one attached hydrogen (secondary N) is 1. The van der Waals surface area contributed by atoms with Crippen molar-refractivity contribution in [3.8, 4) is 0 Å². The summed E-state index contributed by atoms with van der Waals surface area (Å²) in [6, 6.07) is 4.04. The molecule has 1 N–H and O–H groups in total. The van der Waals surface area contributed by atoms with Crippen molar-refractivity contribution in [1.82, 2.24) is 10.2 Å². The van der Waals surface area contributed by atoms with Gasteiger partial charge in [0.15, 0.2) is 0 Å². The van der Waals surface area contributed by atoms with Gasteiger partial charge in [-0.2, -0.15) is 0 Å². The Kier molecular flexibility index (Phi) is 3.70. The van der Waals surface area contributed by atoms with Crippen LogP contribution in [-0.4, -0.2) is 36.5 Å². The van der Waals surface area contributed by atoms with Gasteiger partial charge >= 0.3 is 0 Å². The molecule has 3 rings (SSSR count). The number of nitrogens with zero attached hydrogens (tertiary/aromatic N) is 1. The first-order valence-electron chi connectivity index (χ1n) is 7.09. The summed E-state index contributed by atoms with van der Waals surface area (Å²) in [5.74, 6) is -0.996. The van der Waals surface area contributed by atoms with Crippen molar-refractivity contribution >= 4 is 5.91 Å². The zero-order chi connectivity index (χ0) is 14.1. The SMILES string of the molecule is O=C(Cc1c(F)cccc1F)N1CC2CCCNC2C1. The highest BCUT2D eigenvalue weighted by molar-refractivity contribution is 5.79. The quantitative estimate of drug-likeness (QED) is 0.894. The second-order valence-electron chi connectivity index (χ2n) is 5.64. The Bertz CT molecular complexity index is 486. The van der Waals surface area contributed by atoms with E-state index in [1.807, 2.05) is 0 Å². The van der Waals surface area contributed by atoms with E-state index >= 15 is 0 Å². The second-order valence-corrected chi connectivity index (χ2v) is 5.64. The standard InChI is InChI=1S/C15H18F2N2O/c16-12-4-1-5-13(17)11(12)7-15(20)19-8-10-3-2-6-18-14(10)9-19/h1,4-5,10,14,18H,2-3,6-9H2. The zero-order valence-corrected chi connectivity index (χ0v) is 11.2. The van der Waals surface area contributed by atoms with E-state index in [-0.39, 0.29) is 17.9 Å². The lowest BCUT2D eigenvalue weighted by atomic mass is 9.94. The number of likely N-dealkylation sites (tertiary alicyclic amines) is 1. The van der Waals surface area contributed by atoms with Gasteiger partial charge in [0.2, 0.25) is 5.91 Å². The maximum absolute atomic E-state index is 13.6. The Labute approximate surface area is 117 Å². The summed E-state index contributed by atoms with van der Waals surface area (Å²) in [7, 11) is 0. The average molecular weight is 280 g/mol. The first-order valence-corrected chi connectivity index (χ1v) is 7.09. The highest BCUT2D eigenvalue weighted by Crippen LogP contribution is 2.25. The smallest absolute Gasteiger partial charge is 0.227 e. The molecule has 3 nitrogen and oxygen atoms in total. The third-order valence-electron chi connectivity index (χ3n) is 4.34. The largest absolute Gasteiger partial charge is 0.340 e. The molecule has 0 saturated carbocycles. The number of rotatable bonds is 2. The summed E-state index contributed by atoms with van der Waals surface area (Å²) in [4.78, 5) is 14.0. The van der Waals surface area contributed by atoms with Crippen LogP contribution in [0.2, 0.25) is 0 Å². The molecule has 2 saturated heterocycles. The second kappa shape index (κ2) is 5.48. The normalized spacial score (nSPS) is 25.6. The molecule has 0 spiro atoms. The van der Waals surface area contributed by atoms with E-state index in [2.05, 4.69) is 5.32 Å². The Morgan fingerprint density at radius 3 is 2.75 bits per heavy atom. The van der Waals surface area contributed by atoms with Crippen LogP contribution < -0.4 is 5.32 Å². The van der Waals surface area contributed by atoms with E-state index in [4.69, 9.17) is 0 Å². The van der Waals surface area contributed by atoms with Crippen LogP contribution in [0, 0.1) is 17.6 Å². The van der Waals surface area contributed by atoms with Crippen LogP contribution in [0.4, 0.5) is 8.78 Å². The number of hydrogen-bond donors (Lipinski definition) is 1. The summed E-state index contributed by atoms with van der Waals surface area (Å²) in [5.41, 5.74) is -0.125. The fraction of sp³-hybridized carbons (Fsp3) is 0.533. The molecule has 0 bridgehead atoms. The van der Waals surface area contributed by atoms with Gasteiger partial charge in [-0.25, -0.2) is 8.78 Å². The predicted molar refractivity (Wildman–Crippen MR) is 71.2 cm³/mol. The summed E-state index contributed by atoms with van der Waals surface area (Å²) >= 11 is 0. The minimum atomic E-state index is -0.645. The molecule has 1 amide bonds. The molecule has 2 aliphatic rings. The maximum atomic E-state index is 13.6. The molecule has 0 aromatic heterocycles. The molecule has 108 valence electrons. The number of amides is 1. The number of fused-ring (bicyclic) bond motifs is 1. The van der Waals surface area contributed by atoms with Crippen LogP contribution in [0.1, 0.15) is 18.4 Å². The number of carbonyl (C=O) groups is 1. The lowest BCUT2D eigenvalue weighted by Gasteiger charge is -2.24. The first kappa shape index (κ1) is 13.5. The van der Waals surface area contributed by atoms with Crippen LogP contribution in [0.3, 0.4) is 0 Å². The Morgan fingerprint density at radius 2 is 2.05 bits per heavy atom. The zero-order valence-electron chi connectivity index (χ0n) is 11.2. The molecule has 5 heteroatoms. The fourth-order valence-electron chi connectivity index (χ4n) is 3.21. The van der Waals surface area contributed by atoms with Gasteiger partial charge in [0.25, 0.3) is 0 Å². The van der Waals surface area contributed by atoms with Crippen molar-refractivity contribution in [3.05, 3.63) is 35.4 Å². The summed E-state index contributed by atoms with van der Waals surface area (Å²) in [6.07, 6.45) is 2.05. The van der Waals surface area contributed by atoms with E-state index in [1.54, 1.807) is 4.90 Å². The van der Waals surface area contributed by atoms with Crippen molar-refractivity contribution in [3.63, 3.8) is 0 Å². The third kappa shape index (κ3) is 2.54. The van der Waals surface area contributed by atoms with Gasteiger partial charge in [-0.3, -0.25) is 4.79 Å². The number of hydrogen-bond acceptors (Lipinski definition) is 2. The summed E-state index contributed by atoms with van der Waals surface area (Å²) in [6.45, 7) is 2.34. The lowest BCUT2D eigenvalue weighted by Crippen LogP contribution is -2.41. The minimum Gasteiger partial charge on any atom is -0.340 e. The van der Waals surface area contributed by atoms with Gasteiger partial charge in [-0.1, -0.05) is 6.07 Å². The van der Waals surface area contributed by atoms with Gasteiger partial charge < -0.3 is 10.2 Å².